The minimum Gasteiger partial charge on any atom is -0.496 e. The zero-order valence-corrected chi connectivity index (χ0v) is 12.6. The van der Waals surface area contributed by atoms with Gasteiger partial charge in [-0.15, -0.1) is 0 Å². The van der Waals surface area contributed by atoms with Crippen molar-refractivity contribution in [2.24, 2.45) is 0 Å². The van der Waals surface area contributed by atoms with E-state index in [9.17, 15) is 4.79 Å². The molecule has 0 aliphatic heterocycles. The Hall–Kier alpha value is -1.95. The standard InChI is InChI=1S/C14H15BrN2O3/c1-19-11-5-3-2-4-10(11)8-9-16-14(18)17-13-7-6-12(15)20-13/h2-7H,8-9H2,1H3,(H2,16,17,18). The number of nitrogens with one attached hydrogen (secondary N) is 2. The Bertz CT molecular complexity index is 583. The van der Waals surface area contributed by atoms with Crippen LogP contribution in [0.5, 0.6) is 5.75 Å². The third kappa shape index (κ3) is 4.03. The van der Waals surface area contributed by atoms with E-state index in [1.54, 1.807) is 19.2 Å². The molecule has 5 nitrogen and oxygen atoms in total. The maximum atomic E-state index is 11.6. The maximum absolute atomic E-state index is 11.6. The van der Waals surface area contributed by atoms with Crippen molar-refractivity contribution in [2.75, 3.05) is 19.0 Å². The van der Waals surface area contributed by atoms with Crippen LogP contribution in [0.15, 0.2) is 45.5 Å². The summed E-state index contributed by atoms with van der Waals surface area (Å²) >= 11 is 3.17. The van der Waals surface area contributed by atoms with Crippen molar-refractivity contribution in [1.82, 2.24) is 5.32 Å². The molecular weight excluding hydrogens is 324 g/mol. The maximum Gasteiger partial charge on any atom is 0.321 e. The smallest absolute Gasteiger partial charge is 0.321 e. The number of methoxy groups -OCH3 is 1. The molecule has 1 aromatic heterocycles. The van der Waals surface area contributed by atoms with E-state index in [-0.39, 0.29) is 6.03 Å². The van der Waals surface area contributed by atoms with E-state index >= 15 is 0 Å². The van der Waals surface area contributed by atoms with Crippen LogP contribution < -0.4 is 15.4 Å². The van der Waals surface area contributed by atoms with Crippen molar-refractivity contribution in [3.63, 3.8) is 0 Å². The third-order valence-electron chi connectivity index (χ3n) is 2.68. The first-order chi connectivity index (χ1) is 9.69. The fraction of sp³-hybridized carbons (Fsp3) is 0.214. The molecule has 1 aromatic carbocycles. The van der Waals surface area contributed by atoms with Crippen molar-refractivity contribution < 1.29 is 13.9 Å². The van der Waals surface area contributed by atoms with Crippen molar-refractivity contribution >= 4 is 27.8 Å². The number of benzene rings is 1. The van der Waals surface area contributed by atoms with Gasteiger partial charge >= 0.3 is 6.03 Å². The number of rotatable bonds is 5. The summed E-state index contributed by atoms with van der Waals surface area (Å²) in [6.07, 6.45) is 0.694. The van der Waals surface area contributed by atoms with Gasteiger partial charge in [-0.1, -0.05) is 18.2 Å². The molecule has 106 valence electrons. The summed E-state index contributed by atoms with van der Waals surface area (Å²) in [5.74, 6) is 1.22. The molecule has 6 heteroatoms. The normalized spacial score (nSPS) is 10.1. The summed E-state index contributed by atoms with van der Waals surface area (Å²) in [6.45, 7) is 0.508. The molecule has 0 atom stereocenters. The highest BCUT2D eigenvalue weighted by Gasteiger charge is 2.06. The van der Waals surface area contributed by atoms with E-state index in [4.69, 9.17) is 9.15 Å². The summed E-state index contributed by atoms with van der Waals surface area (Å²) in [7, 11) is 1.63. The molecule has 0 unspecified atom stereocenters. The molecule has 0 spiro atoms. The molecule has 0 aliphatic carbocycles. The van der Waals surface area contributed by atoms with Crippen LogP contribution in [-0.4, -0.2) is 19.7 Å². The van der Waals surface area contributed by atoms with Crippen molar-refractivity contribution in [3.05, 3.63) is 46.6 Å². The molecule has 2 N–H and O–H groups in total. The van der Waals surface area contributed by atoms with Crippen molar-refractivity contribution in [2.45, 2.75) is 6.42 Å². The van der Waals surface area contributed by atoms with E-state index in [1.807, 2.05) is 24.3 Å². The Balaban J connectivity index is 1.79. The van der Waals surface area contributed by atoms with Crippen LogP contribution >= 0.6 is 15.9 Å². The second-order valence-electron chi connectivity index (χ2n) is 4.05. The van der Waals surface area contributed by atoms with Crippen molar-refractivity contribution in [1.29, 1.82) is 0 Å². The van der Waals surface area contributed by atoms with E-state index in [1.165, 1.54) is 0 Å². The number of hydrogen-bond donors (Lipinski definition) is 2. The van der Waals surface area contributed by atoms with Gasteiger partial charge in [0.1, 0.15) is 5.75 Å². The van der Waals surface area contributed by atoms with Gasteiger partial charge in [-0.25, -0.2) is 4.79 Å². The van der Waals surface area contributed by atoms with Crippen LogP contribution in [0.3, 0.4) is 0 Å². The number of ether oxygens (including phenoxy) is 1. The Morgan fingerprint density at radius 1 is 1.30 bits per heavy atom. The molecule has 0 bridgehead atoms. The minimum absolute atomic E-state index is 0.304. The third-order valence-corrected chi connectivity index (χ3v) is 3.11. The number of carbonyl (C=O) groups is 1. The number of anilines is 1. The lowest BCUT2D eigenvalue weighted by molar-refractivity contribution is 0.251. The number of furan rings is 1. The van der Waals surface area contributed by atoms with E-state index < -0.39 is 0 Å². The van der Waals surface area contributed by atoms with Gasteiger partial charge in [-0.3, -0.25) is 5.32 Å². The van der Waals surface area contributed by atoms with Crippen LogP contribution in [0.4, 0.5) is 10.7 Å². The van der Waals surface area contributed by atoms with Crippen molar-refractivity contribution in [3.8, 4) is 5.75 Å². The summed E-state index contributed by atoms with van der Waals surface area (Å²) in [6, 6.07) is 10.8. The second-order valence-corrected chi connectivity index (χ2v) is 4.83. The van der Waals surface area contributed by atoms with Crippen LogP contribution in [0, 0.1) is 0 Å². The molecule has 0 saturated heterocycles. The summed E-state index contributed by atoms with van der Waals surface area (Å²) in [4.78, 5) is 11.6. The zero-order chi connectivity index (χ0) is 14.4. The molecule has 20 heavy (non-hydrogen) atoms. The van der Waals surface area contributed by atoms with E-state index in [0.29, 0.717) is 23.5 Å². The fourth-order valence-electron chi connectivity index (χ4n) is 1.76. The summed E-state index contributed by atoms with van der Waals surface area (Å²) in [5, 5.41) is 5.36. The highest BCUT2D eigenvalue weighted by molar-refractivity contribution is 9.10. The lowest BCUT2D eigenvalue weighted by atomic mass is 10.1. The summed E-state index contributed by atoms with van der Waals surface area (Å²) < 4.78 is 11.0. The topological polar surface area (TPSA) is 63.5 Å². The highest BCUT2D eigenvalue weighted by Crippen LogP contribution is 2.18. The van der Waals surface area contributed by atoms with Gasteiger partial charge in [-0.05, 0) is 40.0 Å². The summed E-state index contributed by atoms with van der Waals surface area (Å²) in [5.41, 5.74) is 1.05. The molecular formula is C14H15BrN2O3. The first-order valence-electron chi connectivity index (χ1n) is 6.11. The molecule has 0 saturated carbocycles. The minimum atomic E-state index is -0.304. The Kier molecular flexibility index (Phi) is 5.06. The average Bonchev–Trinajstić information content (AvgIpc) is 2.84. The van der Waals surface area contributed by atoms with Crippen LogP contribution in [-0.2, 0) is 6.42 Å². The number of amides is 2. The number of urea groups is 1. The highest BCUT2D eigenvalue weighted by atomic mass is 79.9. The number of carbonyl (C=O) groups excluding carboxylic acids is 1. The largest absolute Gasteiger partial charge is 0.496 e. The Morgan fingerprint density at radius 2 is 2.10 bits per heavy atom. The van der Waals surface area contributed by atoms with Gasteiger partial charge < -0.3 is 14.5 Å². The monoisotopic (exact) mass is 338 g/mol. The van der Waals surface area contributed by atoms with Crippen LogP contribution in [0.2, 0.25) is 0 Å². The number of halogens is 1. The molecule has 1 heterocycles. The number of hydrogen-bond acceptors (Lipinski definition) is 3. The lowest BCUT2D eigenvalue weighted by Gasteiger charge is -2.09. The lowest BCUT2D eigenvalue weighted by Crippen LogP contribution is -2.30. The SMILES string of the molecule is COc1ccccc1CCNC(=O)Nc1ccc(Br)o1. The predicted molar refractivity (Wildman–Crippen MR) is 80.1 cm³/mol. The molecule has 0 fully saturated rings. The molecule has 2 rings (SSSR count). The first kappa shape index (κ1) is 14.5. The van der Waals surface area contributed by atoms with Gasteiger partial charge in [0.15, 0.2) is 4.67 Å². The van der Waals surface area contributed by atoms with Gasteiger partial charge in [0, 0.05) is 12.6 Å². The van der Waals surface area contributed by atoms with Crippen LogP contribution in [0.1, 0.15) is 5.56 Å². The molecule has 0 radical (unpaired) electrons. The quantitative estimate of drug-likeness (QED) is 0.877. The first-order valence-corrected chi connectivity index (χ1v) is 6.90. The number of para-hydroxylation sites is 1. The fourth-order valence-corrected chi connectivity index (χ4v) is 2.06. The average molecular weight is 339 g/mol. The van der Waals surface area contributed by atoms with Gasteiger partial charge in [0.2, 0.25) is 5.88 Å². The second kappa shape index (κ2) is 7.00. The molecule has 0 aliphatic rings. The van der Waals surface area contributed by atoms with Gasteiger partial charge in [-0.2, -0.15) is 0 Å². The zero-order valence-electron chi connectivity index (χ0n) is 11.0. The van der Waals surface area contributed by atoms with Crippen LogP contribution in [0.25, 0.3) is 0 Å². The van der Waals surface area contributed by atoms with E-state index in [0.717, 1.165) is 11.3 Å². The predicted octanol–water partition coefficient (Wildman–Crippen LogP) is 3.41. The molecule has 2 amide bonds. The van der Waals surface area contributed by atoms with E-state index in [2.05, 4.69) is 26.6 Å². The molecule has 2 aromatic rings. The van der Waals surface area contributed by atoms with Gasteiger partial charge in [0.05, 0.1) is 7.11 Å². The Labute approximate surface area is 125 Å². The van der Waals surface area contributed by atoms with Gasteiger partial charge in [0.25, 0.3) is 0 Å². The Morgan fingerprint density at radius 3 is 2.80 bits per heavy atom.